The minimum absolute atomic E-state index is 0.0879. The number of amidine groups is 1. The van der Waals surface area contributed by atoms with Crippen molar-refractivity contribution in [1.29, 1.82) is 0 Å². The van der Waals surface area contributed by atoms with Crippen molar-refractivity contribution in [2.75, 3.05) is 12.5 Å². The first-order valence-corrected chi connectivity index (χ1v) is 5.73. The molecule has 0 bridgehead atoms. The number of aliphatic imine (C=N–C) groups is 1. The first-order chi connectivity index (χ1) is 8.24. The maximum atomic E-state index is 8.90. The standard InChI is InChI=1S/C11H13ClN4O/c12-6-11(13)15-8-1-2-10-9(5-8)14-7-16(10)3-4-17/h1-2,5,7,17H,3-4,6H2,(H2,13,15). The highest BCUT2D eigenvalue weighted by molar-refractivity contribution is 6.28. The Balaban J connectivity index is 2.39. The van der Waals surface area contributed by atoms with E-state index in [1.807, 2.05) is 22.8 Å². The molecule has 2 aromatic rings. The fourth-order valence-corrected chi connectivity index (χ4v) is 1.66. The Morgan fingerprint density at radius 1 is 1.53 bits per heavy atom. The molecule has 0 unspecified atom stereocenters. The highest BCUT2D eigenvalue weighted by Gasteiger charge is 2.03. The quantitative estimate of drug-likeness (QED) is 0.489. The number of fused-ring (bicyclic) bond motifs is 1. The van der Waals surface area contributed by atoms with E-state index < -0.39 is 0 Å². The molecule has 0 amide bonds. The van der Waals surface area contributed by atoms with Gasteiger partial charge in [0, 0.05) is 6.54 Å². The van der Waals surface area contributed by atoms with Crippen LogP contribution in [0.2, 0.25) is 0 Å². The van der Waals surface area contributed by atoms with Crippen LogP contribution in [-0.4, -0.2) is 33.0 Å². The van der Waals surface area contributed by atoms with Gasteiger partial charge in [0.2, 0.25) is 0 Å². The van der Waals surface area contributed by atoms with Crippen LogP contribution in [0.1, 0.15) is 0 Å². The number of aromatic nitrogens is 2. The van der Waals surface area contributed by atoms with Gasteiger partial charge in [0.1, 0.15) is 5.84 Å². The topological polar surface area (TPSA) is 76.4 Å². The SMILES string of the molecule is NC(CCl)=Nc1ccc2c(c1)ncn2CCO. The summed E-state index contributed by atoms with van der Waals surface area (Å²) in [6.07, 6.45) is 1.69. The van der Waals surface area contributed by atoms with Crippen LogP contribution in [0.5, 0.6) is 0 Å². The van der Waals surface area contributed by atoms with E-state index in [-0.39, 0.29) is 12.5 Å². The molecule has 0 aliphatic carbocycles. The summed E-state index contributed by atoms with van der Waals surface area (Å²) >= 11 is 5.56. The summed E-state index contributed by atoms with van der Waals surface area (Å²) in [4.78, 5) is 8.39. The Hall–Kier alpha value is -1.59. The molecule has 3 N–H and O–H groups in total. The number of nitrogens with zero attached hydrogens (tertiary/aromatic N) is 3. The molecule has 0 aliphatic rings. The molecule has 1 aromatic heterocycles. The molecule has 17 heavy (non-hydrogen) atoms. The first kappa shape index (κ1) is 11.9. The lowest BCUT2D eigenvalue weighted by Crippen LogP contribution is -2.12. The van der Waals surface area contributed by atoms with Gasteiger partial charge in [-0.2, -0.15) is 0 Å². The summed E-state index contributed by atoms with van der Waals surface area (Å²) in [5.41, 5.74) is 8.07. The monoisotopic (exact) mass is 252 g/mol. The maximum Gasteiger partial charge on any atom is 0.115 e. The molecule has 6 heteroatoms. The van der Waals surface area contributed by atoms with E-state index in [1.54, 1.807) is 6.33 Å². The lowest BCUT2D eigenvalue weighted by atomic mass is 10.3. The number of halogens is 1. The Kier molecular flexibility index (Phi) is 3.61. The number of aliphatic hydroxyl groups is 1. The summed E-state index contributed by atoms with van der Waals surface area (Å²) in [6.45, 7) is 0.619. The zero-order valence-corrected chi connectivity index (χ0v) is 9.93. The highest BCUT2D eigenvalue weighted by Crippen LogP contribution is 2.20. The molecule has 1 heterocycles. The van der Waals surface area contributed by atoms with Crippen molar-refractivity contribution in [2.24, 2.45) is 10.7 Å². The third-order valence-corrected chi connectivity index (χ3v) is 2.63. The number of aliphatic hydroxyl groups excluding tert-OH is 1. The number of imidazole rings is 1. The van der Waals surface area contributed by atoms with Crippen molar-refractivity contribution in [3.05, 3.63) is 24.5 Å². The van der Waals surface area contributed by atoms with E-state index in [9.17, 15) is 0 Å². The van der Waals surface area contributed by atoms with Crippen LogP contribution in [0, 0.1) is 0 Å². The molecule has 0 fully saturated rings. The number of nitrogens with two attached hydrogens (primary N) is 1. The third kappa shape index (κ3) is 2.57. The van der Waals surface area contributed by atoms with Gasteiger partial charge in [-0.1, -0.05) is 0 Å². The summed E-state index contributed by atoms with van der Waals surface area (Å²) in [5, 5.41) is 8.90. The lowest BCUT2D eigenvalue weighted by Gasteiger charge is -2.01. The van der Waals surface area contributed by atoms with Crippen LogP contribution in [-0.2, 0) is 6.54 Å². The van der Waals surface area contributed by atoms with Crippen molar-refractivity contribution in [3.8, 4) is 0 Å². The van der Waals surface area contributed by atoms with Gasteiger partial charge >= 0.3 is 0 Å². The number of rotatable bonds is 4. The van der Waals surface area contributed by atoms with E-state index in [2.05, 4.69) is 9.98 Å². The van der Waals surface area contributed by atoms with E-state index in [0.717, 1.165) is 16.7 Å². The fourth-order valence-electron chi connectivity index (χ4n) is 1.60. The zero-order chi connectivity index (χ0) is 12.3. The average Bonchev–Trinajstić information content (AvgIpc) is 2.72. The van der Waals surface area contributed by atoms with Crippen LogP contribution >= 0.6 is 11.6 Å². The first-order valence-electron chi connectivity index (χ1n) is 5.19. The smallest absolute Gasteiger partial charge is 0.115 e. The minimum Gasteiger partial charge on any atom is -0.395 e. The fraction of sp³-hybridized carbons (Fsp3) is 0.273. The number of hydrogen-bond acceptors (Lipinski definition) is 3. The van der Waals surface area contributed by atoms with Gasteiger partial charge in [-0.15, -0.1) is 11.6 Å². The van der Waals surface area contributed by atoms with Gasteiger partial charge in [-0.3, -0.25) is 0 Å². The maximum absolute atomic E-state index is 8.90. The van der Waals surface area contributed by atoms with Crippen molar-refractivity contribution >= 4 is 34.2 Å². The molecule has 0 aliphatic heterocycles. The third-order valence-electron chi connectivity index (χ3n) is 2.36. The van der Waals surface area contributed by atoms with E-state index in [0.29, 0.717) is 12.4 Å². The Morgan fingerprint density at radius 2 is 2.35 bits per heavy atom. The molecule has 5 nitrogen and oxygen atoms in total. The van der Waals surface area contributed by atoms with Gasteiger partial charge in [0.05, 0.1) is 35.5 Å². The average molecular weight is 253 g/mol. The molecule has 0 spiro atoms. The van der Waals surface area contributed by atoms with Crippen molar-refractivity contribution in [2.45, 2.75) is 6.54 Å². The normalized spacial score (nSPS) is 12.2. The molecular weight excluding hydrogens is 240 g/mol. The van der Waals surface area contributed by atoms with E-state index in [1.165, 1.54) is 0 Å². The lowest BCUT2D eigenvalue weighted by molar-refractivity contribution is 0.278. The van der Waals surface area contributed by atoms with Gasteiger partial charge in [0.15, 0.2) is 0 Å². The summed E-state index contributed by atoms with van der Waals surface area (Å²) in [5.74, 6) is 0.581. The summed E-state index contributed by atoms with van der Waals surface area (Å²) < 4.78 is 1.88. The molecule has 1 aromatic carbocycles. The Morgan fingerprint density at radius 3 is 3.06 bits per heavy atom. The zero-order valence-electron chi connectivity index (χ0n) is 9.17. The van der Waals surface area contributed by atoms with Crippen LogP contribution < -0.4 is 5.73 Å². The predicted molar refractivity (Wildman–Crippen MR) is 68.8 cm³/mol. The molecule has 0 radical (unpaired) electrons. The number of alkyl halides is 1. The summed E-state index contributed by atoms with van der Waals surface area (Å²) in [6, 6.07) is 5.58. The molecule has 0 saturated carbocycles. The summed E-state index contributed by atoms with van der Waals surface area (Å²) in [7, 11) is 0. The molecular formula is C11H13ClN4O. The van der Waals surface area contributed by atoms with Gasteiger partial charge in [-0.25, -0.2) is 9.98 Å². The van der Waals surface area contributed by atoms with Gasteiger partial charge < -0.3 is 15.4 Å². The number of hydrogen-bond donors (Lipinski definition) is 2. The van der Waals surface area contributed by atoms with Crippen molar-refractivity contribution < 1.29 is 5.11 Å². The Labute approximate surface area is 104 Å². The minimum atomic E-state index is 0.0879. The van der Waals surface area contributed by atoms with Crippen molar-refractivity contribution in [1.82, 2.24) is 9.55 Å². The second-order valence-electron chi connectivity index (χ2n) is 3.57. The van der Waals surface area contributed by atoms with E-state index in [4.69, 9.17) is 22.4 Å². The van der Waals surface area contributed by atoms with Gasteiger partial charge in [0.25, 0.3) is 0 Å². The largest absolute Gasteiger partial charge is 0.395 e. The van der Waals surface area contributed by atoms with Gasteiger partial charge in [-0.05, 0) is 18.2 Å². The van der Waals surface area contributed by atoms with Crippen LogP contribution in [0.25, 0.3) is 11.0 Å². The number of benzene rings is 1. The second-order valence-corrected chi connectivity index (χ2v) is 3.84. The second kappa shape index (κ2) is 5.16. The highest BCUT2D eigenvalue weighted by atomic mass is 35.5. The molecule has 90 valence electrons. The molecule has 2 rings (SSSR count). The molecule has 0 saturated heterocycles. The van der Waals surface area contributed by atoms with Crippen LogP contribution in [0.15, 0.2) is 29.5 Å². The van der Waals surface area contributed by atoms with Crippen LogP contribution in [0.3, 0.4) is 0 Å². The molecule has 0 atom stereocenters. The van der Waals surface area contributed by atoms with Crippen molar-refractivity contribution in [3.63, 3.8) is 0 Å². The Bertz CT molecular complexity index is 549. The van der Waals surface area contributed by atoms with E-state index >= 15 is 0 Å². The predicted octanol–water partition coefficient (Wildman–Crippen LogP) is 1.26. The van der Waals surface area contributed by atoms with Crippen LogP contribution in [0.4, 0.5) is 5.69 Å².